The molecule has 182 valence electrons. The van der Waals surface area contributed by atoms with Crippen LogP contribution in [0.1, 0.15) is 33.4 Å². The lowest BCUT2D eigenvalue weighted by Crippen LogP contribution is -2.31. The maximum Gasteiger partial charge on any atom is 0.0108 e. The summed E-state index contributed by atoms with van der Waals surface area (Å²) in [4.78, 5) is 6.91. The Morgan fingerprint density at radius 2 is 0.765 bits per heavy atom. The molecule has 0 heterocycles. The third-order valence-electron chi connectivity index (χ3n) is 5.99. The fourth-order valence-corrected chi connectivity index (χ4v) is 7.13. The topological polar surface area (TPSA) is 3.24 Å². The Morgan fingerprint density at radius 1 is 0.471 bits per heavy atom. The van der Waals surface area contributed by atoms with Crippen LogP contribution >= 0.6 is 35.3 Å². The van der Waals surface area contributed by atoms with Crippen LogP contribution in [0.4, 0.5) is 0 Å². The molecule has 0 aliphatic carbocycles. The van der Waals surface area contributed by atoms with Gasteiger partial charge >= 0.3 is 0 Å². The van der Waals surface area contributed by atoms with Gasteiger partial charge in [0.15, 0.2) is 0 Å². The molecule has 1 nitrogen and oxygen atoms in total. The molecule has 0 N–H and O–H groups in total. The lowest BCUT2D eigenvalue weighted by atomic mass is 10.2. The maximum atomic E-state index is 2.66. The average Bonchev–Trinajstić information content (AvgIpc) is 2.77. The molecule has 3 rings (SSSR count). The molecule has 4 heteroatoms. The summed E-state index contributed by atoms with van der Waals surface area (Å²) in [6, 6.07) is 20.4. The summed E-state index contributed by atoms with van der Waals surface area (Å²) in [6.45, 7) is 16.6. The third-order valence-corrected chi connectivity index (χ3v) is 9.45. The second kappa shape index (κ2) is 13.7. The summed E-state index contributed by atoms with van der Waals surface area (Å²) in [7, 11) is 0. The van der Waals surface area contributed by atoms with E-state index in [2.05, 4.69) is 101 Å². The number of hydrogen-bond acceptors (Lipinski definition) is 4. The van der Waals surface area contributed by atoms with E-state index in [1.54, 1.807) is 0 Å². The van der Waals surface area contributed by atoms with E-state index in [1.165, 1.54) is 48.1 Å². The van der Waals surface area contributed by atoms with Crippen molar-refractivity contribution < 1.29 is 0 Å². The number of thioether (sulfide) groups is 3. The molecule has 0 atom stereocenters. The van der Waals surface area contributed by atoms with Crippen molar-refractivity contribution in [2.24, 2.45) is 0 Å². The molecule has 0 aliphatic heterocycles. The van der Waals surface area contributed by atoms with Gasteiger partial charge in [-0.1, -0.05) is 53.1 Å². The molecule has 0 radical (unpaired) electrons. The van der Waals surface area contributed by atoms with Gasteiger partial charge in [0, 0.05) is 51.6 Å². The smallest absolute Gasteiger partial charge is 0.0108 e. The number of hydrogen-bond donors (Lipinski definition) is 0. The van der Waals surface area contributed by atoms with E-state index in [4.69, 9.17) is 0 Å². The van der Waals surface area contributed by atoms with Crippen LogP contribution in [0.15, 0.2) is 69.3 Å². The maximum absolute atomic E-state index is 2.66. The van der Waals surface area contributed by atoms with Gasteiger partial charge in [0.1, 0.15) is 0 Å². The van der Waals surface area contributed by atoms with Gasteiger partial charge in [-0.3, -0.25) is 0 Å². The summed E-state index contributed by atoms with van der Waals surface area (Å²) in [5.41, 5.74) is 8.22. The van der Waals surface area contributed by atoms with Crippen LogP contribution in [0, 0.1) is 41.5 Å². The highest BCUT2D eigenvalue weighted by atomic mass is 32.2. The molecular formula is C30H39NS3. The van der Waals surface area contributed by atoms with Gasteiger partial charge < -0.3 is 4.90 Å². The molecule has 34 heavy (non-hydrogen) atoms. The van der Waals surface area contributed by atoms with Gasteiger partial charge in [-0.05, 0) is 76.4 Å². The minimum Gasteiger partial charge on any atom is -0.301 e. The largest absolute Gasteiger partial charge is 0.301 e. The molecule has 3 aromatic carbocycles. The van der Waals surface area contributed by atoms with Gasteiger partial charge in [0.25, 0.3) is 0 Å². The summed E-state index contributed by atoms with van der Waals surface area (Å²) in [6.07, 6.45) is 0. The number of rotatable bonds is 12. The zero-order valence-corrected chi connectivity index (χ0v) is 24.1. The van der Waals surface area contributed by atoms with Crippen molar-refractivity contribution in [1.82, 2.24) is 4.90 Å². The van der Waals surface area contributed by atoms with E-state index in [1.807, 2.05) is 35.3 Å². The Morgan fingerprint density at radius 3 is 1.03 bits per heavy atom. The minimum atomic E-state index is 1.12. The van der Waals surface area contributed by atoms with E-state index >= 15 is 0 Å². The molecular weight excluding hydrogens is 471 g/mol. The van der Waals surface area contributed by atoms with E-state index in [9.17, 15) is 0 Å². The molecule has 0 saturated heterocycles. The van der Waals surface area contributed by atoms with Crippen LogP contribution in [0.5, 0.6) is 0 Å². The highest BCUT2D eigenvalue weighted by Gasteiger charge is 2.09. The van der Waals surface area contributed by atoms with Crippen LogP contribution in [0.3, 0.4) is 0 Å². The van der Waals surface area contributed by atoms with E-state index in [-0.39, 0.29) is 0 Å². The second-order valence-corrected chi connectivity index (χ2v) is 12.6. The van der Waals surface area contributed by atoms with Crippen molar-refractivity contribution in [3.63, 3.8) is 0 Å². The van der Waals surface area contributed by atoms with Gasteiger partial charge in [0.05, 0.1) is 0 Å². The first kappa shape index (κ1) is 27.3. The summed E-state index contributed by atoms with van der Waals surface area (Å²) in [5.74, 6) is 3.39. The predicted octanol–water partition coefficient (Wildman–Crippen LogP) is 8.52. The van der Waals surface area contributed by atoms with E-state index in [0.717, 1.165) is 36.9 Å². The van der Waals surface area contributed by atoms with Crippen LogP contribution in [0.25, 0.3) is 0 Å². The molecule has 0 saturated carbocycles. The lowest BCUT2D eigenvalue weighted by Gasteiger charge is -2.22. The monoisotopic (exact) mass is 509 g/mol. The fourth-order valence-electron chi connectivity index (χ4n) is 4.07. The number of benzene rings is 3. The van der Waals surface area contributed by atoms with Crippen molar-refractivity contribution in [3.8, 4) is 0 Å². The first-order chi connectivity index (χ1) is 16.3. The van der Waals surface area contributed by atoms with E-state index < -0.39 is 0 Å². The zero-order chi connectivity index (χ0) is 24.5. The van der Waals surface area contributed by atoms with Crippen LogP contribution in [0.2, 0.25) is 0 Å². The predicted molar refractivity (Wildman–Crippen MR) is 156 cm³/mol. The quantitative estimate of drug-likeness (QED) is 0.225. The van der Waals surface area contributed by atoms with Gasteiger partial charge in [-0.15, -0.1) is 35.3 Å². The molecule has 0 unspecified atom stereocenters. The third kappa shape index (κ3) is 8.71. The molecule has 0 fully saturated rings. The molecule has 0 bridgehead atoms. The Bertz CT molecular complexity index is 940. The SMILES string of the molecule is Cc1ccc(SCCN(CCSc2ccc(C)cc2C)CCSc2ccc(C)cc2C)c(C)c1. The lowest BCUT2D eigenvalue weighted by molar-refractivity contribution is 0.329. The minimum absolute atomic E-state index is 1.12. The summed E-state index contributed by atoms with van der Waals surface area (Å²) >= 11 is 5.99. The Balaban J connectivity index is 1.55. The molecule has 0 spiro atoms. The number of nitrogens with zero attached hydrogens (tertiary/aromatic N) is 1. The number of aryl methyl sites for hydroxylation is 6. The van der Waals surface area contributed by atoms with Crippen molar-refractivity contribution in [2.75, 3.05) is 36.9 Å². The van der Waals surface area contributed by atoms with Crippen molar-refractivity contribution in [1.29, 1.82) is 0 Å². The molecule has 0 aliphatic rings. The Labute approximate surface area is 220 Å². The van der Waals surface area contributed by atoms with Crippen LogP contribution < -0.4 is 0 Å². The van der Waals surface area contributed by atoms with Crippen molar-refractivity contribution in [2.45, 2.75) is 56.2 Å². The normalized spacial score (nSPS) is 11.4. The van der Waals surface area contributed by atoms with Gasteiger partial charge in [-0.2, -0.15) is 0 Å². The summed E-state index contributed by atoms with van der Waals surface area (Å²) < 4.78 is 0. The van der Waals surface area contributed by atoms with E-state index in [0.29, 0.717) is 0 Å². The Hall–Kier alpha value is -1.33. The standard InChI is InChI=1S/C30H39NS3/c1-22-7-10-28(25(4)19-22)32-16-13-31(14-17-33-29-11-8-23(2)20-26(29)5)15-18-34-30-12-9-24(3)21-27(30)6/h7-12,19-21H,13-18H2,1-6H3. The van der Waals surface area contributed by atoms with Crippen LogP contribution in [-0.4, -0.2) is 41.8 Å². The second-order valence-electron chi connectivity index (χ2n) is 9.19. The molecule has 0 amide bonds. The fraction of sp³-hybridized carbons (Fsp3) is 0.400. The molecule has 3 aromatic rings. The highest BCUT2D eigenvalue weighted by molar-refractivity contribution is 7.99. The summed E-state index contributed by atoms with van der Waals surface area (Å²) in [5, 5.41) is 0. The molecule has 0 aromatic heterocycles. The van der Waals surface area contributed by atoms with Gasteiger partial charge in [-0.25, -0.2) is 0 Å². The van der Waals surface area contributed by atoms with Gasteiger partial charge in [0.2, 0.25) is 0 Å². The average molecular weight is 510 g/mol. The zero-order valence-electron chi connectivity index (χ0n) is 21.6. The Kier molecular flexibility index (Phi) is 11.0. The van der Waals surface area contributed by atoms with Crippen molar-refractivity contribution >= 4 is 35.3 Å². The van der Waals surface area contributed by atoms with Crippen LogP contribution in [-0.2, 0) is 0 Å². The van der Waals surface area contributed by atoms with Crippen molar-refractivity contribution in [3.05, 3.63) is 88.0 Å². The first-order valence-electron chi connectivity index (χ1n) is 12.1. The first-order valence-corrected chi connectivity index (χ1v) is 15.1. The highest BCUT2D eigenvalue weighted by Crippen LogP contribution is 2.26.